The summed E-state index contributed by atoms with van der Waals surface area (Å²) in [6.07, 6.45) is 0. The van der Waals surface area contributed by atoms with E-state index < -0.39 is 10.1 Å². The van der Waals surface area contributed by atoms with Crippen molar-refractivity contribution in [1.29, 1.82) is 0 Å². The maximum absolute atomic E-state index is 12.3. The van der Waals surface area contributed by atoms with Gasteiger partial charge in [-0.05, 0) is 34.4 Å². The lowest BCUT2D eigenvalue weighted by Gasteiger charge is -2.28. The number of hydrogen-bond donors (Lipinski definition) is 0. The van der Waals surface area contributed by atoms with Gasteiger partial charge in [-0.15, -0.1) is 0 Å². The lowest BCUT2D eigenvalue weighted by atomic mass is 9.79. The van der Waals surface area contributed by atoms with Crippen LogP contribution in [0.15, 0.2) is 17.0 Å². The van der Waals surface area contributed by atoms with Crippen LogP contribution in [0.1, 0.15) is 58.2 Å². The van der Waals surface area contributed by atoms with Crippen LogP contribution in [0, 0.1) is 6.92 Å². The minimum absolute atomic E-state index is 0.119. The van der Waals surface area contributed by atoms with Crippen LogP contribution >= 0.6 is 9.47 Å². The minimum Gasteiger partial charge on any atom is -0.251 e. The third-order valence-corrected chi connectivity index (χ3v) is 5.44. The van der Waals surface area contributed by atoms with Crippen molar-refractivity contribution in [2.45, 2.75) is 64.2 Å². The summed E-state index contributed by atoms with van der Waals surface area (Å²) < 4.78 is 29.3. The molecule has 0 amide bonds. The lowest BCUT2D eigenvalue weighted by Crippen LogP contribution is -2.22. The van der Waals surface area contributed by atoms with Crippen molar-refractivity contribution < 1.29 is 12.4 Å². The van der Waals surface area contributed by atoms with E-state index >= 15 is 0 Å². The van der Waals surface area contributed by atoms with Gasteiger partial charge in [0, 0.05) is 9.47 Å². The van der Waals surface area contributed by atoms with E-state index in [1.807, 2.05) is 49.3 Å². The molecule has 1 aromatic rings. The van der Waals surface area contributed by atoms with Gasteiger partial charge in [-0.1, -0.05) is 53.7 Å². The molecule has 0 saturated carbocycles. The quantitative estimate of drug-likeness (QED) is 0.772. The molecule has 1 unspecified atom stereocenters. The molecule has 114 valence electrons. The van der Waals surface area contributed by atoms with Crippen LogP contribution in [-0.2, 0) is 24.9 Å². The van der Waals surface area contributed by atoms with E-state index in [4.69, 9.17) is 3.97 Å². The average Bonchev–Trinajstić information content (AvgIpc) is 2.25. The third-order valence-electron chi connectivity index (χ3n) is 3.40. The highest BCUT2D eigenvalue weighted by molar-refractivity contribution is 7.89. The van der Waals surface area contributed by atoms with Crippen molar-refractivity contribution in [2.24, 2.45) is 0 Å². The van der Waals surface area contributed by atoms with Crippen LogP contribution in [0.3, 0.4) is 0 Å². The molecule has 0 aliphatic rings. The van der Waals surface area contributed by atoms with E-state index in [2.05, 4.69) is 20.8 Å². The van der Waals surface area contributed by atoms with Crippen molar-refractivity contribution in [1.82, 2.24) is 0 Å². The first-order valence-electron chi connectivity index (χ1n) is 6.60. The van der Waals surface area contributed by atoms with Crippen LogP contribution in [0.5, 0.6) is 0 Å². The SMILES string of the molecule is Cc1c(C(C)(C)C)ccc(C(C)(C)C)c1S(=O)(=O)OP. The zero-order valence-corrected chi connectivity index (χ0v) is 15.3. The van der Waals surface area contributed by atoms with E-state index in [0.717, 1.165) is 16.7 Å². The second-order valence-corrected chi connectivity index (χ2v) is 9.25. The summed E-state index contributed by atoms with van der Waals surface area (Å²) in [5.41, 5.74) is 2.18. The van der Waals surface area contributed by atoms with Crippen LogP contribution in [0.4, 0.5) is 0 Å². The molecule has 0 aliphatic carbocycles. The molecular weight excluding hydrogens is 291 g/mol. The van der Waals surface area contributed by atoms with E-state index in [0.29, 0.717) is 4.90 Å². The second kappa shape index (κ2) is 5.40. The molecule has 0 heterocycles. The summed E-state index contributed by atoms with van der Waals surface area (Å²) >= 11 is 0. The van der Waals surface area contributed by atoms with E-state index in [9.17, 15) is 8.42 Å². The molecule has 0 saturated heterocycles. The summed E-state index contributed by atoms with van der Waals surface area (Å²) in [5, 5.41) is 0. The first-order chi connectivity index (χ1) is 8.82. The molecule has 0 bridgehead atoms. The second-order valence-electron chi connectivity index (χ2n) is 7.17. The van der Waals surface area contributed by atoms with Crippen molar-refractivity contribution in [3.63, 3.8) is 0 Å². The Morgan fingerprint density at radius 2 is 1.35 bits per heavy atom. The van der Waals surface area contributed by atoms with E-state index in [1.54, 1.807) is 0 Å². The standard InChI is InChI=1S/C15H25O3PS/c1-10-11(14(2,3)4)8-9-12(15(5,6)7)13(10)20(16,17)18-19/h8-9H,19H2,1-7H3. The van der Waals surface area contributed by atoms with Crippen LogP contribution in [0.25, 0.3) is 0 Å². The van der Waals surface area contributed by atoms with Crippen molar-refractivity contribution >= 4 is 19.6 Å². The molecule has 0 fully saturated rings. The lowest BCUT2D eigenvalue weighted by molar-refractivity contribution is 0.503. The van der Waals surface area contributed by atoms with Gasteiger partial charge in [0.2, 0.25) is 0 Å². The Bertz CT molecular complexity index is 605. The van der Waals surface area contributed by atoms with Crippen LogP contribution < -0.4 is 0 Å². The first-order valence-corrected chi connectivity index (χ1v) is 8.48. The largest absolute Gasteiger partial charge is 0.300 e. The zero-order valence-electron chi connectivity index (χ0n) is 13.4. The molecule has 0 spiro atoms. The highest BCUT2D eigenvalue weighted by Gasteiger charge is 2.31. The fourth-order valence-electron chi connectivity index (χ4n) is 2.47. The summed E-state index contributed by atoms with van der Waals surface area (Å²) in [4.78, 5) is 0.299. The van der Waals surface area contributed by atoms with E-state index in [1.165, 1.54) is 0 Å². The molecule has 1 rings (SSSR count). The fraction of sp³-hybridized carbons (Fsp3) is 0.600. The summed E-state index contributed by atoms with van der Waals surface area (Å²) in [7, 11) is -1.92. The Hall–Kier alpha value is -0.440. The summed E-state index contributed by atoms with van der Waals surface area (Å²) in [6.45, 7) is 14.1. The zero-order chi connectivity index (χ0) is 15.9. The van der Waals surface area contributed by atoms with Gasteiger partial charge < -0.3 is 0 Å². The topological polar surface area (TPSA) is 43.4 Å². The monoisotopic (exact) mass is 316 g/mol. The Kier molecular flexibility index (Phi) is 4.75. The first kappa shape index (κ1) is 17.6. The molecule has 20 heavy (non-hydrogen) atoms. The molecule has 0 aromatic heterocycles. The highest BCUT2D eigenvalue weighted by atomic mass is 32.2. The smallest absolute Gasteiger partial charge is 0.251 e. The molecule has 0 N–H and O–H groups in total. The molecule has 5 heteroatoms. The molecule has 0 radical (unpaired) electrons. The summed E-state index contributed by atoms with van der Waals surface area (Å²) in [6, 6.07) is 3.93. The fourth-order valence-corrected chi connectivity index (χ4v) is 3.98. The molecular formula is C15H25O3PS. The van der Waals surface area contributed by atoms with Crippen molar-refractivity contribution in [3.8, 4) is 0 Å². The van der Waals surface area contributed by atoms with Gasteiger partial charge in [0.25, 0.3) is 10.1 Å². The van der Waals surface area contributed by atoms with Gasteiger partial charge in [-0.2, -0.15) is 8.42 Å². The van der Waals surface area contributed by atoms with Crippen molar-refractivity contribution in [3.05, 3.63) is 28.8 Å². The van der Waals surface area contributed by atoms with Gasteiger partial charge in [-0.3, -0.25) is 3.97 Å². The Balaban J connectivity index is 3.83. The highest BCUT2D eigenvalue weighted by Crippen LogP contribution is 2.37. The molecule has 1 aromatic carbocycles. The van der Waals surface area contributed by atoms with Crippen LogP contribution in [0.2, 0.25) is 0 Å². The van der Waals surface area contributed by atoms with Gasteiger partial charge in [-0.25, -0.2) is 0 Å². The normalized spacial score (nSPS) is 13.6. The molecule has 0 aliphatic heterocycles. The third kappa shape index (κ3) is 3.41. The van der Waals surface area contributed by atoms with Crippen LogP contribution in [-0.4, -0.2) is 8.42 Å². The summed E-state index contributed by atoms with van der Waals surface area (Å²) in [5.74, 6) is 0. The average molecular weight is 316 g/mol. The maximum atomic E-state index is 12.3. The predicted molar refractivity (Wildman–Crippen MR) is 86.6 cm³/mol. The Morgan fingerprint density at radius 1 is 0.950 bits per heavy atom. The van der Waals surface area contributed by atoms with Crippen molar-refractivity contribution in [2.75, 3.05) is 0 Å². The molecule has 1 atom stereocenters. The Labute approximate surface area is 125 Å². The van der Waals surface area contributed by atoms with Gasteiger partial charge in [0.1, 0.15) is 4.90 Å². The number of hydrogen-bond acceptors (Lipinski definition) is 3. The van der Waals surface area contributed by atoms with Gasteiger partial charge >= 0.3 is 0 Å². The molecule has 3 nitrogen and oxygen atoms in total. The number of rotatable bonds is 2. The number of benzene rings is 1. The van der Waals surface area contributed by atoms with E-state index in [-0.39, 0.29) is 10.8 Å². The van der Waals surface area contributed by atoms with Gasteiger partial charge in [0.15, 0.2) is 0 Å². The van der Waals surface area contributed by atoms with Gasteiger partial charge in [0.05, 0.1) is 0 Å². The Morgan fingerprint density at radius 3 is 1.70 bits per heavy atom. The minimum atomic E-state index is -3.76. The predicted octanol–water partition coefficient (Wildman–Crippen LogP) is 4.09. The maximum Gasteiger partial charge on any atom is 0.300 e.